The Bertz CT molecular complexity index is 1600. The molecule has 2 N–H and O–H groups in total. The van der Waals surface area contributed by atoms with Crippen molar-refractivity contribution >= 4 is 23.4 Å². The second-order valence-corrected chi connectivity index (χ2v) is 12.2. The van der Waals surface area contributed by atoms with Crippen LogP contribution in [0.25, 0.3) is 17.2 Å². The normalized spacial score (nSPS) is 17.6. The first-order valence-electron chi connectivity index (χ1n) is 15.7. The quantitative estimate of drug-likeness (QED) is 0.273. The van der Waals surface area contributed by atoms with E-state index in [1.807, 2.05) is 49.1 Å². The third-order valence-electron chi connectivity index (χ3n) is 8.61. The Kier molecular flexibility index (Phi) is 9.31. The smallest absolute Gasteiger partial charge is 0.407 e. The number of carbonyl (C=O) groups is 1. The van der Waals surface area contributed by atoms with Gasteiger partial charge in [-0.3, -0.25) is 9.30 Å². The second kappa shape index (κ2) is 13.7. The predicted octanol–water partition coefficient (Wildman–Crippen LogP) is 3.92. The molecule has 0 saturated carbocycles. The Labute approximate surface area is 264 Å². The van der Waals surface area contributed by atoms with Gasteiger partial charge in [-0.2, -0.15) is 0 Å². The lowest BCUT2D eigenvalue weighted by Crippen LogP contribution is -2.47. The van der Waals surface area contributed by atoms with Crippen molar-refractivity contribution < 1.29 is 14.6 Å². The summed E-state index contributed by atoms with van der Waals surface area (Å²) in [4.78, 5) is 34.8. The van der Waals surface area contributed by atoms with Crippen molar-refractivity contribution in [2.75, 3.05) is 76.7 Å². The summed E-state index contributed by atoms with van der Waals surface area (Å²) >= 11 is 0. The molecule has 0 aliphatic carbocycles. The summed E-state index contributed by atoms with van der Waals surface area (Å²) in [5.74, 6) is 3.14. The molecule has 2 aliphatic rings. The third kappa shape index (κ3) is 7.29. The number of likely N-dealkylation sites (tertiary alicyclic amines) is 1. The number of nitrogens with one attached hydrogen (secondary N) is 1. The van der Waals surface area contributed by atoms with Crippen LogP contribution in [-0.2, 0) is 6.54 Å². The molecule has 2 aliphatic heterocycles. The number of hydrogen-bond donors (Lipinski definition) is 2. The standard InChI is InChI=1S/C33H43N9O3/c1-24-30(35-26-7-6-13-41(23-26)33(43)44)36-31(28-21-34-29-8-4-5-14-42(28)29)37-32(24)40-17-15-39(16-18-40)22-25-9-11-27(12-10-25)45-20-19-38(2)3/h4-5,8-12,14,21,26H,6-7,13,15-20,22-23H2,1-3H3,(H,43,44)(H,35,36,37). The first-order valence-corrected chi connectivity index (χ1v) is 15.7. The number of anilines is 2. The van der Waals surface area contributed by atoms with E-state index in [2.05, 4.69) is 56.2 Å². The van der Waals surface area contributed by atoms with E-state index in [4.69, 9.17) is 14.7 Å². The summed E-state index contributed by atoms with van der Waals surface area (Å²) in [5, 5.41) is 13.2. The number of carboxylic acid groups (broad SMARTS) is 1. The molecular formula is C33H43N9O3. The highest BCUT2D eigenvalue weighted by Crippen LogP contribution is 2.30. The molecule has 12 heteroatoms. The Balaban J connectivity index is 1.18. The number of piperidine rings is 1. The van der Waals surface area contributed by atoms with E-state index >= 15 is 0 Å². The molecule has 1 amide bonds. The number of benzene rings is 1. The molecule has 6 rings (SSSR count). The van der Waals surface area contributed by atoms with E-state index in [0.717, 1.165) is 86.4 Å². The van der Waals surface area contributed by atoms with Gasteiger partial charge in [0.2, 0.25) is 0 Å². The summed E-state index contributed by atoms with van der Waals surface area (Å²) in [5.41, 5.74) is 3.89. The molecular weight excluding hydrogens is 570 g/mol. The molecule has 1 aromatic carbocycles. The SMILES string of the molecule is Cc1c(NC2CCCN(C(=O)O)C2)nc(-c2cnc3ccccn23)nc1N1CCN(Cc2ccc(OCCN(C)C)cc2)CC1. The van der Waals surface area contributed by atoms with Crippen LogP contribution in [0.15, 0.2) is 54.9 Å². The molecule has 2 saturated heterocycles. The fourth-order valence-corrected chi connectivity index (χ4v) is 6.04. The first-order chi connectivity index (χ1) is 21.8. The van der Waals surface area contributed by atoms with Crippen LogP contribution in [0, 0.1) is 6.92 Å². The van der Waals surface area contributed by atoms with Gasteiger partial charge in [0.15, 0.2) is 5.82 Å². The zero-order chi connectivity index (χ0) is 31.3. The molecule has 0 bridgehead atoms. The Morgan fingerprint density at radius 1 is 1.07 bits per heavy atom. The molecule has 12 nitrogen and oxygen atoms in total. The van der Waals surface area contributed by atoms with E-state index in [9.17, 15) is 9.90 Å². The number of pyridine rings is 1. The topological polar surface area (TPSA) is 115 Å². The highest BCUT2D eigenvalue weighted by molar-refractivity contribution is 5.67. The summed E-state index contributed by atoms with van der Waals surface area (Å²) in [6.45, 7) is 9.00. The van der Waals surface area contributed by atoms with Crippen LogP contribution in [-0.4, -0.2) is 118 Å². The van der Waals surface area contributed by atoms with Gasteiger partial charge >= 0.3 is 6.09 Å². The van der Waals surface area contributed by atoms with Gasteiger partial charge in [0.25, 0.3) is 0 Å². The molecule has 238 valence electrons. The highest BCUT2D eigenvalue weighted by Gasteiger charge is 2.27. The number of nitrogens with zero attached hydrogens (tertiary/aromatic N) is 8. The molecule has 1 unspecified atom stereocenters. The average molecular weight is 614 g/mol. The molecule has 0 radical (unpaired) electrons. The number of amides is 1. The van der Waals surface area contributed by atoms with Gasteiger partial charge in [-0.25, -0.2) is 19.7 Å². The molecule has 2 fully saturated rings. The van der Waals surface area contributed by atoms with Crippen molar-refractivity contribution in [2.45, 2.75) is 32.4 Å². The van der Waals surface area contributed by atoms with Crippen molar-refractivity contribution in [1.29, 1.82) is 0 Å². The number of rotatable bonds is 10. The van der Waals surface area contributed by atoms with Gasteiger partial charge in [0.1, 0.15) is 35.3 Å². The fraction of sp³-hybridized carbons (Fsp3) is 0.455. The molecule has 5 heterocycles. The van der Waals surface area contributed by atoms with Crippen LogP contribution in [0.4, 0.5) is 16.4 Å². The van der Waals surface area contributed by atoms with E-state index in [0.29, 0.717) is 25.5 Å². The summed E-state index contributed by atoms with van der Waals surface area (Å²) in [7, 11) is 4.09. The van der Waals surface area contributed by atoms with Gasteiger partial charge < -0.3 is 29.9 Å². The maximum atomic E-state index is 11.7. The van der Waals surface area contributed by atoms with Crippen molar-refractivity contribution in [2.24, 2.45) is 0 Å². The minimum Gasteiger partial charge on any atom is -0.492 e. The van der Waals surface area contributed by atoms with Crippen molar-refractivity contribution in [3.05, 3.63) is 66.0 Å². The van der Waals surface area contributed by atoms with E-state index < -0.39 is 6.09 Å². The molecule has 4 aromatic rings. The largest absolute Gasteiger partial charge is 0.492 e. The van der Waals surface area contributed by atoms with Gasteiger partial charge in [-0.05, 0) is 63.7 Å². The third-order valence-corrected chi connectivity index (χ3v) is 8.61. The van der Waals surface area contributed by atoms with Crippen LogP contribution in [0.1, 0.15) is 24.0 Å². The zero-order valence-electron chi connectivity index (χ0n) is 26.4. The number of hydrogen-bond acceptors (Lipinski definition) is 9. The number of ether oxygens (including phenoxy) is 1. The minimum atomic E-state index is -0.879. The Hall–Kier alpha value is -4.42. The number of piperazine rings is 1. The number of fused-ring (bicyclic) bond motifs is 1. The molecule has 0 spiro atoms. The maximum absolute atomic E-state index is 11.7. The lowest BCUT2D eigenvalue weighted by molar-refractivity contribution is 0.132. The zero-order valence-corrected chi connectivity index (χ0v) is 26.4. The van der Waals surface area contributed by atoms with Crippen LogP contribution < -0.4 is 15.0 Å². The molecule has 45 heavy (non-hydrogen) atoms. The lowest BCUT2D eigenvalue weighted by atomic mass is 10.1. The van der Waals surface area contributed by atoms with Gasteiger partial charge in [0, 0.05) is 70.2 Å². The monoisotopic (exact) mass is 613 g/mol. The van der Waals surface area contributed by atoms with E-state index in [1.165, 1.54) is 10.5 Å². The highest BCUT2D eigenvalue weighted by atomic mass is 16.5. The van der Waals surface area contributed by atoms with Crippen molar-refractivity contribution in [3.8, 4) is 17.3 Å². The Morgan fingerprint density at radius 3 is 2.62 bits per heavy atom. The lowest BCUT2D eigenvalue weighted by Gasteiger charge is -2.37. The second-order valence-electron chi connectivity index (χ2n) is 12.2. The Morgan fingerprint density at radius 2 is 1.87 bits per heavy atom. The van der Waals surface area contributed by atoms with E-state index in [1.54, 1.807) is 0 Å². The molecule has 3 aromatic heterocycles. The fourth-order valence-electron chi connectivity index (χ4n) is 6.04. The van der Waals surface area contributed by atoms with Gasteiger partial charge in [0.05, 0.1) is 6.20 Å². The summed E-state index contributed by atoms with van der Waals surface area (Å²) in [6.07, 6.45) is 4.61. The van der Waals surface area contributed by atoms with Gasteiger partial charge in [-0.15, -0.1) is 0 Å². The van der Waals surface area contributed by atoms with Crippen molar-refractivity contribution in [3.63, 3.8) is 0 Å². The average Bonchev–Trinajstić information content (AvgIpc) is 3.48. The van der Waals surface area contributed by atoms with Crippen LogP contribution in [0.3, 0.4) is 0 Å². The maximum Gasteiger partial charge on any atom is 0.407 e. The van der Waals surface area contributed by atoms with Crippen molar-refractivity contribution in [1.82, 2.24) is 34.1 Å². The molecule has 1 atom stereocenters. The number of aromatic nitrogens is 4. The van der Waals surface area contributed by atoms with Crippen LogP contribution in [0.2, 0.25) is 0 Å². The number of imidazole rings is 1. The van der Waals surface area contributed by atoms with Crippen LogP contribution >= 0.6 is 0 Å². The summed E-state index contributed by atoms with van der Waals surface area (Å²) < 4.78 is 7.86. The number of likely N-dealkylation sites (N-methyl/N-ethyl adjacent to an activating group) is 1. The van der Waals surface area contributed by atoms with E-state index in [-0.39, 0.29) is 6.04 Å². The summed E-state index contributed by atoms with van der Waals surface area (Å²) in [6, 6.07) is 14.3. The predicted molar refractivity (Wildman–Crippen MR) is 175 cm³/mol. The first kappa shape index (κ1) is 30.6. The van der Waals surface area contributed by atoms with Crippen LogP contribution in [0.5, 0.6) is 5.75 Å². The van der Waals surface area contributed by atoms with Gasteiger partial charge in [-0.1, -0.05) is 18.2 Å². The minimum absolute atomic E-state index is 0.0204.